The third kappa shape index (κ3) is 4.21. The van der Waals surface area contributed by atoms with Crippen LogP contribution in [0.25, 0.3) is 0 Å². The predicted molar refractivity (Wildman–Crippen MR) is 88.4 cm³/mol. The monoisotopic (exact) mass is 315 g/mol. The summed E-state index contributed by atoms with van der Waals surface area (Å²) in [6, 6.07) is 10.1. The molecule has 1 fully saturated rings. The molecule has 1 saturated carbocycles. The van der Waals surface area contributed by atoms with E-state index in [1.54, 1.807) is 12.4 Å². The van der Waals surface area contributed by atoms with E-state index in [0.717, 1.165) is 17.7 Å². The normalized spacial score (nSPS) is 13.7. The van der Waals surface area contributed by atoms with Crippen LogP contribution in [-0.2, 0) is 6.42 Å². The highest BCUT2D eigenvalue weighted by atomic mass is 35.5. The molecule has 5 heteroatoms. The molecular formula is C17H18ClN3O. The Labute approximate surface area is 134 Å². The molecule has 0 radical (unpaired) electrons. The van der Waals surface area contributed by atoms with E-state index < -0.39 is 0 Å². The number of carbonyl (C=O) groups is 1. The smallest absolute Gasteiger partial charge is 0.252 e. The third-order valence-corrected chi connectivity index (χ3v) is 3.77. The maximum atomic E-state index is 12.2. The van der Waals surface area contributed by atoms with E-state index >= 15 is 0 Å². The molecule has 4 nitrogen and oxygen atoms in total. The Hall–Kier alpha value is -2.07. The van der Waals surface area contributed by atoms with Gasteiger partial charge in [-0.2, -0.15) is 0 Å². The fraction of sp³-hybridized carbons (Fsp3) is 0.294. The number of rotatable bonds is 6. The van der Waals surface area contributed by atoms with Gasteiger partial charge in [0.05, 0.1) is 11.3 Å². The van der Waals surface area contributed by atoms with Crippen molar-refractivity contribution in [3.8, 4) is 0 Å². The number of hydrogen-bond donors (Lipinski definition) is 2. The number of nitrogens with zero attached hydrogens (tertiary/aromatic N) is 1. The highest BCUT2D eigenvalue weighted by Crippen LogP contribution is 2.24. The van der Waals surface area contributed by atoms with Gasteiger partial charge in [0, 0.05) is 30.0 Å². The van der Waals surface area contributed by atoms with Crippen LogP contribution in [0.15, 0.2) is 42.7 Å². The summed E-state index contributed by atoms with van der Waals surface area (Å²) in [5, 5.41) is 6.97. The fourth-order valence-corrected chi connectivity index (χ4v) is 2.43. The number of halogens is 1. The molecule has 0 aliphatic heterocycles. The first-order chi connectivity index (χ1) is 10.7. The van der Waals surface area contributed by atoms with E-state index in [0.29, 0.717) is 23.2 Å². The summed E-state index contributed by atoms with van der Waals surface area (Å²) in [6.45, 7) is 0.569. The highest BCUT2D eigenvalue weighted by molar-refractivity contribution is 6.30. The van der Waals surface area contributed by atoms with Crippen molar-refractivity contribution in [1.29, 1.82) is 0 Å². The summed E-state index contributed by atoms with van der Waals surface area (Å²) < 4.78 is 0. The average Bonchev–Trinajstić information content (AvgIpc) is 3.31. The van der Waals surface area contributed by atoms with Crippen LogP contribution in [0.2, 0.25) is 5.02 Å². The van der Waals surface area contributed by atoms with E-state index in [-0.39, 0.29) is 5.91 Å². The van der Waals surface area contributed by atoms with Crippen molar-refractivity contribution in [2.75, 3.05) is 11.9 Å². The number of aromatic nitrogens is 1. The minimum Gasteiger partial charge on any atom is -0.381 e. The fourth-order valence-electron chi connectivity index (χ4n) is 2.22. The summed E-state index contributed by atoms with van der Waals surface area (Å²) >= 11 is 5.94. The number of amides is 1. The van der Waals surface area contributed by atoms with Crippen LogP contribution in [0.1, 0.15) is 28.8 Å². The van der Waals surface area contributed by atoms with E-state index in [2.05, 4.69) is 15.6 Å². The second-order valence-electron chi connectivity index (χ2n) is 5.52. The zero-order chi connectivity index (χ0) is 15.4. The second-order valence-corrected chi connectivity index (χ2v) is 5.95. The van der Waals surface area contributed by atoms with Crippen molar-refractivity contribution < 1.29 is 4.79 Å². The number of nitrogens with one attached hydrogen (secondary N) is 2. The molecular weight excluding hydrogens is 298 g/mol. The van der Waals surface area contributed by atoms with E-state index in [1.807, 2.05) is 30.3 Å². The van der Waals surface area contributed by atoms with Gasteiger partial charge in [0.25, 0.3) is 5.91 Å². The molecule has 0 atom stereocenters. The van der Waals surface area contributed by atoms with Gasteiger partial charge in [0.1, 0.15) is 0 Å². The Balaban J connectivity index is 1.53. The van der Waals surface area contributed by atoms with Crippen molar-refractivity contribution in [2.45, 2.75) is 25.3 Å². The number of pyridine rings is 1. The van der Waals surface area contributed by atoms with Crippen molar-refractivity contribution in [1.82, 2.24) is 10.3 Å². The maximum Gasteiger partial charge on any atom is 0.252 e. The molecule has 3 rings (SSSR count). The molecule has 2 aromatic rings. The number of benzene rings is 1. The lowest BCUT2D eigenvalue weighted by Crippen LogP contribution is -2.25. The van der Waals surface area contributed by atoms with Crippen LogP contribution in [0.3, 0.4) is 0 Å². The molecule has 0 bridgehead atoms. The van der Waals surface area contributed by atoms with E-state index in [1.165, 1.54) is 12.8 Å². The molecule has 0 spiro atoms. The average molecular weight is 316 g/mol. The number of hydrogen-bond acceptors (Lipinski definition) is 3. The largest absolute Gasteiger partial charge is 0.381 e. The lowest BCUT2D eigenvalue weighted by molar-refractivity contribution is 0.0954. The van der Waals surface area contributed by atoms with Crippen LogP contribution in [0.4, 0.5) is 5.69 Å². The molecule has 1 amide bonds. The summed E-state index contributed by atoms with van der Waals surface area (Å²) in [5.41, 5.74) is 2.59. The van der Waals surface area contributed by atoms with Gasteiger partial charge >= 0.3 is 0 Å². The summed E-state index contributed by atoms with van der Waals surface area (Å²) in [7, 11) is 0. The molecule has 1 aromatic heterocycles. The molecule has 22 heavy (non-hydrogen) atoms. The molecule has 1 heterocycles. The SMILES string of the molecule is O=C(NCCc1cccc(Cl)c1)c1cncc(NC2CC2)c1. The Kier molecular flexibility index (Phi) is 4.59. The van der Waals surface area contributed by atoms with Gasteiger partial charge in [0.15, 0.2) is 0 Å². The van der Waals surface area contributed by atoms with Gasteiger partial charge in [-0.25, -0.2) is 0 Å². The molecule has 114 valence electrons. The Morgan fingerprint density at radius 3 is 2.91 bits per heavy atom. The Morgan fingerprint density at radius 2 is 2.14 bits per heavy atom. The van der Waals surface area contributed by atoms with Gasteiger partial charge in [-0.3, -0.25) is 9.78 Å². The van der Waals surface area contributed by atoms with Crippen LogP contribution >= 0.6 is 11.6 Å². The first-order valence-electron chi connectivity index (χ1n) is 7.45. The predicted octanol–water partition coefficient (Wildman–Crippen LogP) is 3.28. The van der Waals surface area contributed by atoms with Crippen molar-refractivity contribution in [3.05, 3.63) is 58.9 Å². The lowest BCUT2D eigenvalue weighted by atomic mass is 10.1. The lowest BCUT2D eigenvalue weighted by Gasteiger charge is -2.08. The van der Waals surface area contributed by atoms with Crippen LogP contribution in [0, 0.1) is 0 Å². The van der Waals surface area contributed by atoms with Crippen molar-refractivity contribution in [3.63, 3.8) is 0 Å². The molecule has 0 saturated heterocycles. The van der Waals surface area contributed by atoms with Crippen molar-refractivity contribution >= 4 is 23.2 Å². The quantitative estimate of drug-likeness (QED) is 0.860. The molecule has 2 N–H and O–H groups in total. The summed E-state index contributed by atoms with van der Waals surface area (Å²) in [6.07, 6.45) is 6.47. The minimum absolute atomic E-state index is 0.103. The molecule has 1 aliphatic rings. The van der Waals surface area contributed by atoms with E-state index in [4.69, 9.17) is 11.6 Å². The first-order valence-corrected chi connectivity index (χ1v) is 7.83. The van der Waals surface area contributed by atoms with Crippen LogP contribution in [0.5, 0.6) is 0 Å². The van der Waals surface area contributed by atoms with Crippen LogP contribution in [-0.4, -0.2) is 23.5 Å². The number of carbonyl (C=O) groups excluding carboxylic acids is 1. The zero-order valence-electron chi connectivity index (χ0n) is 12.2. The van der Waals surface area contributed by atoms with Crippen molar-refractivity contribution in [2.24, 2.45) is 0 Å². The minimum atomic E-state index is -0.103. The molecule has 0 unspecified atom stereocenters. The van der Waals surface area contributed by atoms with Gasteiger partial charge in [-0.15, -0.1) is 0 Å². The maximum absolute atomic E-state index is 12.2. The van der Waals surface area contributed by atoms with Gasteiger partial charge in [-0.05, 0) is 43.0 Å². The van der Waals surface area contributed by atoms with Gasteiger partial charge in [-0.1, -0.05) is 23.7 Å². The summed E-state index contributed by atoms with van der Waals surface area (Å²) in [4.78, 5) is 16.3. The Morgan fingerprint density at radius 1 is 1.27 bits per heavy atom. The third-order valence-electron chi connectivity index (χ3n) is 3.54. The van der Waals surface area contributed by atoms with Gasteiger partial charge < -0.3 is 10.6 Å². The summed E-state index contributed by atoms with van der Waals surface area (Å²) in [5.74, 6) is -0.103. The standard InChI is InChI=1S/C17H18ClN3O/c18-14-3-1-2-12(8-14)6-7-20-17(22)13-9-16(11-19-10-13)21-15-4-5-15/h1-3,8-11,15,21H,4-7H2,(H,20,22). The van der Waals surface area contributed by atoms with Crippen LogP contribution < -0.4 is 10.6 Å². The molecule has 1 aliphatic carbocycles. The molecule has 1 aromatic carbocycles. The second kappa shape index (κ2) is 6.79. The van der Waals surface area contributed by atoms with Gasteiger partial charge in [0.2, 0.25) is 0 Å². The number of anilines is 1. The zero-order valence-corrected chi connectivity index (χ0v) is 12.9. The first kappa shape index (κ1) is 14.9. The topological polar surface area (TPSA) is 54.0 Å². The Bertz CT molecular complexity index is 670. The van der Waals surface area contributed by atoms with E-state index in [9.17, 15) is 4.79 Å². The highest BCUT2D eigenvalue weighted by Gasteiger charge is 2.21.